The Balaban J connectivity index is 1.51. The molecule has 0 aliphatic carbocycles. The molecule has 2 heterocycles. The largest absolute Gasteiger partial charge is 0.497 e. The van der Waals surface area contributed by atoms with Crippen molar-refractivity contribution < 1.29 is 27.5 Å². The summed E-state index contributed by atoms with van der Waals surface area (Å²) >= 11 is 1.22. The molecule has 10 heteroatoms. The van der Waals surface area contributed by atoms with Crippen molar-refractivity contribution in [1.82, 2.24) is 4.90 Å². The SMILES string of the molecule is COc1ccc(NC(=O)N2CCS[C@@]23C(=O)N(Cc2ccc(F)cc2F)c2ccc(F)cc23)cc1. The molecule has 3 aromatic rings. The fraction of sp³-hybridized carbons (Fsp3) is 0.200. The predicted molar refractivity (Wildman–Crippen MR) is 127 cm³/mol. The van der Waals surface area contributed by atoms with Gasteiger partial charge in [0.15, 0.2) is 4.87 Å². The van der Waals surface area contributed by atoms with Gasteiger partial charge in [-0.3, -0.25) is 9.69 Å². The number of halogens is 3. The number of anilines is 2. The number of methoxy groups -OCH3 is 1. The van der Waals surface area contributed by atoms with E-state index in [1.54, 1.807) is 24.3 Å². The van der Waals surface area contributed by atoms with Gasteiger partial charge in [-0.2, -0.15) is 0 Å². The molecular formula is C25H20F3N3O3S. The first-order chi connectivity index (χ1) is 16.8. The van der Waals surface area contributed by atoms with Crippen LogP contribution < -0.4 is 15.0 Å². The molecule has 3 amide bonds. The number of benzene rings is 3. The number of carbonyl (C=O) groups is 2. The first-order valence-corrected chi connectivity index (χ1v) is 11.7. The van der Waals surface area contributed by atoms with E-state index in [1.165, 1.54) is 52.9 Å². The van der Waals surface area contributed by atoms with Crippen LogP contribution in [0, 0.1) is 17.5 Å². The topological polar surface area (TPSA) is 61.9 Å². The van der Waals surface area contributed by atoms with Crippen LogP contribution in [0.5, 0.6) is 5.75 Å². The average Bonchev–Trinajstić information content (AvgIpc) is 3.38. The highest BCUT2D eigenvalue weighted by atomic mass is 32.2. The molecule has 2 aliphatic rings. The van der Waals surface area contributed by atoms with E-state index in [0.717, 1.165) is 12.1 Å². The fourth-order valence-electron chi connectivity index (χ4n) is 4.43. The molecule has 1 fully saturated rings. The van der Waals surface area contributed by atoms with Gasteiger partial charge >= 0.3 is 6.03 Å². The third-order valence-electron chi connectivity index (χ3n) is 6.09. The van der Waals surface area contributed by atoms with Crippen LogP contribution in [0.1, 0.15) is 11.1 Å². The maximum atomic E-state index is 14.4. The number of thioether (sulfide) groups is 1. The molecule has 1 N–H and O–H groups in total. The molecule has 0 aromatic heterocycles. The summed E-state index contributed by atoms with van der Waals surface area (Å²) in [5.74, 6) is -1.52. The molecule has 0 radical (unpaired) electrons. The number of amides is 3. The van der Waals surface area contributed by atoms with Crippen molar-refractivity contribution >= 4 is 35.1 Å². The average molecular weight is 500 g/mol. The number of urea groups is 1. The highest BCUT2D eigenvalue weighted by molar-refractivity contribution is 8.01. The van der Waals surface area contributed by atoms with Gasteiger partial charge in [-0.15, -0.1) is 11.8 Å². The molecule has 3 aromatic carbocycles. The summed E-state index contributed by atoms with van der Waals surface area (Å²) in [6, 6.07) is 13.2. The number of nitrogens with one attached hydrogen (secondary N) is 1. The van der Waals surface area contributed by atoms with Gasteiger partial charge in [-0.25, -0.2) is 18.0 Å². The fourth-order valence-corrected chi connectivity index (χ4v) is 5.88. The summed E-state index contributed by atoms with van der Waals surface area (Å²) in [6.07, 6.45) is 0. The zero-order valence-corrected chi connectivity index (χ0v) is 19.4. The molecule has 6 nitrogen and oxygen atoms in total. The van der Waals surface area contributed by atoms with Crippen LogP contribution in [0.3, 0.4) is 0 Å². The highest BCUT2D eigenvalue weighted by Crippen LogP contribution is 2.54. The smallest absolute Gasteiger partial charge is 0.323 e. The second-order valence-corrected chi connectivity index (χ2v) is 9.38. The van der Waals surface area contributed by atoms with Crippen molar-refractivity contribution in [3.05, 3.63) is 89.2 Å². The highest BCUT2D eigenvalue weighted by Gasteiger charge is 2.59. The third kappa shape index (κ3) is 3.87. The minimum atomic E-state index is -1.51. The lowest BCUT2D eigenvalue weighted by atomic mass is 10.1. The molecule has 35 heavy (non-hydrogen) atoms. The number of hydrogen-bond donors (Lipinski definition) is 1. The van der Waals surface area contributed by atoms with Gasteiger partial charge in [0.25, 0.3) is 5.91 Å². The first-order valence-electron chi connectivity index (χ1n) is 10.8. The molecule has 1 atom stereocenters. The van der Waals surface area contributed by atoms with Crippen LogP contribution in [0.4, 0.5) is 29.3 Å². The van der Waals surface area contributed by atoms with Crippen LogP contribution >= 0.6 is 11.8 Å². The minimum Gasteiger partial charge on any atom is -0.497 e. The lowest BCUT2D eigenvalue weighted by Gasteiger charge is -2.33. The quantitative estimate of drug-likeness (QED) is 0.543. The van der Waals surface area contributed by atoms with Gasteiger partial charge in [0.2, 0.25) is 0 Å². The molecule has 2 aliphatic heterocycles. The van der Waals surface area contributed by atoms with Gasteiger partial charge in [0.1, 0.15) is 23.2 Å². The second-order valence-electron chi connectivity index (χ2n) is 8.09. The summed E-state index contributed by atoms with van der Waals surface area (Å²) in [5.41, 5.74) is 1.29. The van der Waals surface area contributed by atoms with Gasteiger partial charge in [-0.05, 0) is 48.5 Å². The van der Waals surface area contributed by atoms with Crippen molar-refractivity contribution in [2.45, 2.75) is 11.4 Å². The Hall–Kier alpha value is -3.66. The Morgan fingerprint density at radius 3 is 2.49 bits per heavy atom. The van der Waals surface area contributed by atoms with Crippen molar-refractivity contribution in [1.29, 1.82) is 0 Å². The van der Waals surface area contributed by atoms with E-state index in [-0.39, 0.29) is 18.7 Å². The molecular weight excluding hydrogens is 479 g/mol. The monoisotopic (exact) mass is 499 g/mol. The molecule has 5 rings (SSSR count). The molecule has 1 saturated heterocycles. The third-order valence-corrected chi connectivity index (χ3v) is 7.50. The van der Waals surface area contributed by atoms with Crippen molar-refractivity contribution in [3.8, 4) is 5.75 Å². The van der Waals surface area contributed by atoms with Gasteiger partial charge < -0.3 is 15.0 Å². The maximum absolute atomic E-state index is 14.4. The second kappa shape index (κ2) is 8.84. The summed E-state index contributed by atoms with van der Waals surface area (Å²) in [4.78, 5) is 28.4. The van der Waals surface area contributed by atoms with E-state index in [9.17, 15) is 22.8 Å². The minimum absolute atomic E-state index is 0.101. The number of nitrogens with zero attached hydrogens (tertiary/aromatic N) is 2. The van der Waals surface area contributed by atoms with Crippen LogP contribution in [0.15, 0.2) is 60.7 Å². The first kappa shape index (κ1) is 23.1. The number of fused-ring (bicyclic) bond motifs is 2. The summed E-state index contributed by atoms with van der Waals surface area (Å²) in [6.45, 7) is 0.0485. The lowest BCUT2D eigenvalue weighted by molar-refractivity contribution is -0.123. The van der Waals surface area contributed by atoms with Crippen molar-refractivity contribution in [2.24, 2.45) is 0 Å². The summed E-state index contributed by atoms with van der Waals surface area (Å²) in [7, 11) is 1.53. The van der Waals surface area contributed by atoms with E-state index < -0.39 is 34.3 Å². The van der Waals surface area contributed by atoms with Crippen LogP contribution in [0.25, 0.3) is 0 Å². The van der Waals surface area contributed by atoms with E-state index in [2.05, 4.69) is 5.32 Å². The van der Waals surface area contributed by atoms with E-state index in [0.29, 0.717) is 28.4 Å². The van der Waals surface area contributed by atoms with Crippen LogP contribution in [-0.2, 0) is 16.2 Å². The predicted octanol–water partition coefficient (Wildman–Crippen LogP) is 5.09. The lowest BCUT2D eigenvalue weighted by Crippen LogP contribution is -2.51. The molecule has 180 valence electrons. The van der Waals surface area contributed by atoms with Crippen molar-refractivity contribution in [2.75, 3.05) is 29.6 Å². The van der Waals surface area contributed by atoms with E-state index >= 15 is 0 Å². The van der Waals surface area contributed by atoms with Gasteiger partial charge in [0, 0.05) is 35.2 Å². The number of rotatable bonds is 4. The van der Waals surface area contributed by atoms with Crippen LogP contribution in [-0.4, -0.2) is 36.2 Å². The van der Waals surface area contributed by atoms with Gasteiger partial charge in [-0.1, -0.05) is 6.07 Å². The summed E-state index contributed by atoms with van der Waals surface area (Å²) in [5, 5.41) is 2.78. The van der Waals surface area contributed by atoms with Gasteiger partial charge in [0.05, 0.1) is 19.3 Å². The molecule has 0 unspecified atom stereocenters. The maximum Gasteiger partial charge on any atom is 0.323 e. The van der Waals surface area contributed by atoms with Crippen LogP contribution in [0.2, 0.25) is 0 Å². The molecule has 1 spiro atoms. The Kier molecular flexibility index (Phi) is 5.84. The molecule has 0 bridgehead atoms. The number of hydrogen-bond acceptors (Lipinski definition) is 4. The Labute approximate surface area is 203 Å². The van der Waals surface area contributed by atoms with E-state index in [1.807, 2.05) is 0 Å². The zero-order chi connectivity index (χ0) is 24.7. The standard InChI is InChI=1S/C25H20F3N3O3S/c1-34-19-7-5-18(6-8-19)29-24(33)31-10-11-35-25(31)20-12-16(26)4-9-22(20)30(23(25)32)14-15-2-3-17(27)13-21(15)28/h2-9,12-13H,10-11,14H2,1H3,(H,29,33)/t25-/m0/s1. The van der Waals surface area contributed by atoms with E-state index in [4.69, 9.17) is 4.74 Å². The number of ether oxygens (including phenoxy) is 1. The Bertz CT molecular complexity index is 1320. The normalized spacial score (nSPS) is 18.8. The molecule has 0 saturated carbocycles. The zero-order valence-electron chi connectivity index (χ0n) is 18.6. The number of carbonyl (C=O) groups excluding carboxylic acids is 2. The van der Waals surface area contributed by atoms with Crippen molar-refractivity contribution in [3.63, 3.8) is 0 Å². The Morgan fingerprint density at radius 2 is 1.77 bits per heavy atom. The summed E-state index contributed by atoms with van der Waals surface area (Å²) < 4.78 is 47.3. The Morgan fingerprint density at radius 1 is 1.06 bits per heavy atom.